The number of halogens is 3. The molecule has 88 valence electrons. The SMILES string of the molecule is Nc1cc(Cl)cnc1Nc1ccc(F)cc1Br. The molecule has 17 heavy (non-hydrogen) atoms. The molecule has 6 heteroatoms. The number of benzene rings is 1. The van der Waals surface area contributed by atoms with E-state index in [2.05, 4.69) is 26.2 Å². The molecule has 0 spiro atoms. The molecule has 0 bridgehead atoms. The van der Waals surface area contributed by atoms with Crippen molar-refractivity contribution in [2.45, 2.75) is 0 Å². The fraction of sp³-hybridized carbons (Fsp3) is 0. The van der Waals surface area contributed by atoms with Gasteiger partial charge in [0.25, 0.3) is 0 Å². The summed E-state index contributed by atoms with van der Waals surface area (Å²) in [4.78, 5) is 4.05. The summed E-state index contributed by atoms with van der Waals surface area (Å²) >= 11 is 8.99. The van der Waals surface area contributed by atoms with Crippen LogP contribution < -0.4 is 11.1 Å². The van der Waals surface area contributed by atoms with Gasteiger partial charge in [0, 0.05) is 10.7 Å². The Bertz CT molecular complexity index is 513. The van der Waals surface area contributed by atoms with Gasteiger partial charge in [-0.3, -0.25) is 0 Å². The van der Waals surface area contributed by atoms with Gasteiger partial charge in [0.2, 0.25) is 0 Å². The Kier molecular flexibility index (Phi) is 3.49. The van der Waals surface area contributed by atoms with Crippen molar-refractivity contribution in [1.82, 2.24) is 4.98 Å². The molecular weight excluding hydrogens is 308 g/mol. The molecule has 0 fully saturated rings. The number of nitrogens with zero attached hydrogens (tertiary/aromatic N) is 1. The molecule has 0 saturated carbocycles. The van der Waals surface area contributed by atoms with Gasteiger partial charge in [-0.1, -0.05) is 11.6 Å². The van der Waals surface area contributed by atoms with Crippen molar-refractivity contribution in [3.05, 3.63) is 45.8 Å². The Balaban J connectivity index is 2.31. The van der Waals surface area contributed by atoms with Gasteiger partial charge in [-0.15, -0.1) is 0 Å². The minimum Gasteiger partial charge on any atom is -0.396 e. The van der Waals surface area contributed by atoms with Crippen molar-refractivity contribution in [1.29, 1.82) is 0 Å². The topological polar surface area (TPSA) is 50.9 Å². The molecule has 3 N–H and O–H groups in total. The number of aromatic nitrogens is 1. The lowest BCUT2D eigenvalue weighted by Gasteiger charge is -2.10. The highest BCUT2D eigenvalue weighted by atomic mass is 79.9. The van der Waals surface area contributed by atoms with E-state index >= 15 is 0 Å². The van der Waals surface area contributed by atoms with Crippen LogP contribution in [0, 0.1) is 5.82 Å². The van der Waals surface area contributed by atoms with Crippen molar-refractivity contribution in [3.63, 3.8) is 0 Å². The first-order valence-corrected chi connectivity index (χ1v) is 5.86. The smallest absolute Gasteiger partial charge is 0.153 e. The van der Waals surface area contributed by atoms with Crippen molar-refractivity contribution in [2.24, 2.45) is 0 Å². The molecule has 0 radical (unpaired) electrons. The van der Waals surface area contributed by atoms with E-state index in [-0.39, 0.29) is 5.82 Å². The quantitative estimate of drug-likeness (QED) is 0.881. The van der Waals surface area contributed by atoms with Crippen LogP contribution in [-0.2, 0) is 0 Å². The number of nitrogens with one attached hydrogen (secondary N) is 1. The molecule has 0 amide bonds. The summed E-state index contributed by atoms with van der Waals surface area (Å²) in [5, 5.41) is 3.45. The molecule has 0 aliphatic carbocycles. The summed E-state index contributed by atoms with van der Waals surface area (Å²) in [5.74, 6) is 0.154. The molecule has 3 nitrogen and oxygen atoms in total. The number of hydrogen-bond donors (Lipinski definition) is 2. The summed E-state index contributed by atoms with van der Waals surface area (Å²) in [6, 6.07) is 5.89. The second-order valence-electron chi connectivity index (χ2n) is 3.34. The predicted molar refractivity (Wildman–Crippen MR) is 71.0 cm³/mol. The van der Waals surface area contributed by atoms with E-state index in [4.69, 9.17) is 17.3 Å². The minimum absolute atomic E-state index is 0.320. The molecule has 0 aliphatic rings. The summed E-state index contributed by atoms with van der Waals surface area (Å²) in [6.07, 6.45) is 1.48. The summed E-state index contributed by atoms with van der Waals surface area (Å²) in [6.45, 7) is 0. The van der Waals surface area contributed by atoms with Crippen LogP contribution in [0.3, 0.4) is 0 Å². The molecule has 1 aromatic carbocycles. The largest absolute Gasteiger partial charge is 0.396 e. The normalized spacial score (nSPS) is 10.3. The van der Waals surface area contributed by atoms with Gasteiger partial charge in [0.15, 0.2) is 5.82 Å². The van der Waals surface area contributed by atoms with Gasteiger partial charge in [-0.2, -0.15) is 0 Å². The Labute approximate surface area is 111 Å². The first-order valence-electron chi connectivity index (χ1n) is 4.69. The number of hydrogen-bond acceptors (Lipinski definition) is 3. The van der Waals surface area contributed by atoms with Crippen molar-refractivity contribution >= 4 is 44.7 Å². The Morgan fingerprint density at radius 3 is 2.76 bits per heavy atom. The summed E-state index contributed by atoms with van der Waals surface area (Å²) in [5.41, 5.74) is 6.85. The van der Waals surface area contributed by atoms with Crippen LogP contribution in [0.5, 0.6) is 0 Å². The first-order chi connectivity index (χ1) is 8.06. The van der Waals surface area contributed by atoms with Crippen LogP contribution >= 0.6 is 27.5 Å². The molecule has 0 unspecified atom stereocenters. The highest BCUT2D eigenvalue weighted by Gasteiger charge is 2.05. The van der Waals surface area contributed by atoms with E-state index in [0.29, 0.717) is 26.7 Å². The lowest BCUT2D eigenvalue weighted by molar-refractivity contribution is 0.627. The summed E-state index contributed by atoms with van der Waals surface area (Å²) < 4.78 is 13.5. The lowest BCUT2D eigenvalue weighted by atomic mass is 10.3. The number of pyridine rings is 1. The average Bonchev–Trinajstić information content (AvgIpc) is 2.25. The minimum atomic E-state index is -0.320. The third kappa shape index (κ3) is 2.87. The average molecular weight is 317 g/mol. The van der Waals surface area contributed by atoms with Crippen LogP contribution in [0.4, 0.5) is 21.6 Å². The van der Waals surface area contributed by atoms with E-state index < -0.39 is 0 Å². The predicted octanol–water partition coefficient (Wildman–Crippen LogP) is 3.96. The van der Waals surface area contributed by atoms with Crippen molar-refractivity contribution in [2.75, 3.05) is 11.1 Å². The van der Waals surface area contributed by atoms with Crippen LogP contribution in [-0.4, -0.2) is 4.98 Å². The molecule has 0 saturated heterocycles. The highest BCUT2D eigenvalue weighted by molar-refractivity contribution is 9.10. The van der Waals surface area contributed by atoms with E-state index in [0.717, 1.165) is 0 Å². The third-order valence-corrected chi connectivity index (χ3v) is 2.93. The molecular formula is C11H8BrClFN3. The first kappa shape index (κ1) is 12.1. The number of nitrogen functional groups attached to an aromatic ring is 1. The second-order valence-corrected chi connectivity index (χ2v) is 4.63. The second kappa shape index (κ2) is 4.89. The van der Waals surface area contributed by atoms with E-state index in [1.54, 1.807) is 12.1 Å². The van der Waals surface area contributed by atoms with Crippen LogP contribution in [0.25, 0.3) is 0 Å². The monoisotopic (exact) mass is 315 g/mol. The lowest BCUT2D eigenvalue weighted by Crippen LogP contribution is -1.99. The van der Waals surface area contributed by atoms with Gasteiger partial charge < -0.3 is 11.1 Å². The number of nitrogens with two attached hydrogens (primary N) is 1. The molecule has 2 aromatic rings. The van der Waals surface area contributed by atoms with Gasteiger partial charge in [0.1, 0.15) is 5.82 Å². The van der Waals surface area contributed by atoms with Gasteiger partial charge in [-0.05, 0) is 40.2 Å². The van der Waals surface area contributed by atoms with E-state index in [1.807, 2.05) is 0 Å². The Morgan fingerprint density at radius 2 is 2.12 bits per heavy atom. The van der Waals surface area contributed by atoms with Gasteiger partial charge in [-0.25, -0.2) is 9.37 Å². The molecule has 1 aromatic heterocycles. The fourth-order valence-corrected chi connectivity index (χ4v) is 1.89. The van der Waals surface area contributed by atoms with Crippen LogP contribution in [0.15, 0.2) is 34.9 Å². The zero-order chi connectivity index (χ0) is 12.4. The Hall–Kier alpha value is -1.33. The third-order valence-electron chi connectivity index (χ3n) is 2.07. The summed E-state index contributed by atoms with van der Waals surface area (Å²) in [7, 11) is 0. The zero-order valence-corrected chi connectivity index (χ0v) is 10.9. The standard InChI is InChI=1S/C11H8BrClFN3/c12-8-4-7(14)1-2-10(8)17-11-9(15)3-6(13)5-16-11/h1-5H,15H2,(H,16,17). The van der Waals surface area contributed by atoms with Crippen molar-refractivity contribution in [3.8, 4) is 0 Å². The van der Waals surface area contributed by atoms with Gasteiger partial charge in [0.05, 0.1) is 16.4 Å². The van der Waals surface area contributed by atoms with E-state index in [1.165, 1.54) is 18.3 Å². The fourth-order valence-electron chi connectivity index (χ4n) is 1.28. The van der Waals surface area contributed by atoms with E-state index in [9.17, 15) is 4.39 Å². The molecule has 0 atom stereocenters. The molecule has 1 heterocycles. The molecule has 2 rings (SSSR count). The Morgan fingerprint density at radius 1 is 1.35 bits per heavy atom. The maximum absolute atomic E-state index is 12.9. The van der Waals surface area contributed by atoms with Gasteiger partial charge >= 0.3 is 0 Å². The van der Waals surface area contributed by atoms with Crippen LogP contribution in [0.2, 0.25) is 5.02 Å². The zero-order valence-electron chi connectivity index (χ0n) is 8.55. The highest BCUT2D eigenvalue weighted by Crippen LogP contribution is 2.28. The maximum Gasteiger partial charge on any atom is 0.153 e. The number of rotatable bonds is 2. The maximum atomic E-state index is 12.9. The van der Waals surface area contributed by atoms with Crippen molar-refractivity contribution < 1.29 is 4.39 Å². The number of anilines is 3. The molecule has 0 aliphatic heterocycles. The van der Waals surface area contributed by atoms with Crippen LogP contribution in [0.1, 0.15) is 0 Å².